The Morgan fingerprint density at radius 1 is 1.15 bits per heavy atom. The molecule has 140 valence electrons. The number of hydrogen-bond donors (Lipinski definition) is 1. The number of carbonyl (C=O) groups excluding carboxylic acids is 2. The number of nitrogens with zero attached hydrogens (tertiary/aromatic N) is 2. The van der Waals surface area contributed by atoms with E-state index in [1.54, 1.807) is 6.92 Å². The van der Waals surface area contributed by atoms with Crippen molar-refractivity contribution >= 4 is 17.4 Å². The molecular weight excluding hydrogens is 332 g/mol. The zero-order valence-corrected chi connectivity index (χ0v) is 15.4. The largest absolute Gasteiger partial charge is 0.494 e. The van der Waals surface area contributed by atoms with E-state index in [-0.39, 0.29) is 24.3 Å². The summed E-state index contributed by atoms with van der Waals surface area (Å²) in [5.41, 5.74) is 1.65. The maximum Gasteiger partial charge on any atom is 0.277 e. The molecule has 0 aromatic heterocycles. The first-order valence-electron chi connectivity index (χ1n) is 9.30. The molecule has 0 spiro atoms. The summed E-state index contributed by atoms with van der Waals surface area (Å²) in [6.45, 7) is 6.07. The zero-order valence-electron chi connectivity index (χ0n) is 15.4. The Morgan fingerprint density at radius 3 is 2.50 bits per heavy atom. The quantitative estimate of drug-likeness (QED) is 0.787. The van der Waals surface area contributed by atoms with Crippen LogP contribution in [0.2, 0.25) is 0 Å². The summed E-state index contributed by atoms with van der Waals surface area (Å²) in [6, 6.07) is 7.31. The Bertz CT molecular complexity index is 711. The fraction of sp³-hybridized carbons (Fsp3) is 0.500. The number of imide groups is 1. The summed E-state index contributed by atoms with van der Waals surface area (Å²) >= 11 is 0. The summed E-state index contributed by atoms with van der Waals surface area (Å²) in [4.78, 5) is 29.1. The molecule has 1 saturated heterocycles. The Morgan fingerprint density at radius 2 is 1.88 bits per heavy atom. The molecule has 1 aromatic rings. The number of likely N-dealkylation sites (N-methyl/N-ethyl adjacent to an activating group) is 1. The summed E-state index contributed by atoms with van der Waals surface area (Å²) in [5.74, 6) is 0.389. The lowest BCUT2D eigenvalue weighted by Crippen LogP contribution is -2.40. The number of hydrogen-bond acceptors (Lipinski definition) is 5. The van der Waals surface area contributed by atoms with Gasteiger partial charge in [-0.05, 0) is 50.3 Å². The van der Waals surface area contributed by atoms with E-state index in [1.165, 1.54) is 4.90 Å². The summed E-state index contributed by atoms with van der Waals surface area (Å²) in [6.07, 6.45) is 1.84. The first-order valence-corrected chi connectivity index (χ1v) is 9.30. The number of likely N-dealkylation sites (tertiary alicyclic amines) is 1. The van der Waals surface area contributed by atoms with Crippen molar-refractivity contribution in [2.75, 3.05) is 32.8 Å². The molecule has 1 fully saturated rings. The van der Waals surface area contributed by atoms with Crippen LogP contribution in [0.25, 0.3) is 5.57 Å². The average molecular weight is 358 g/mol. The molecule has 2 aliphatic rings. The van der Waals surface area contributed by atoms with Crippen molar-refractivity contribution < 1.29 is 19.4 Å². The van der Waals surface area contributed by atoms with Gasteiger partial charge in [0.2, 0.25) is 0 Å². The van der Waals surface area contributed by atoms with E-state index >= 15 is 0 Å². The monoisotopic (exact) mass is 358 g/mol. The third-order valence-corrected chi connectivity index (χ3v) is 5.01. The molecule has 0 bridgehead atoms. The lowest BCUT2D eigenvalue weighted by Gasteiger charge is -2.34. The summed E-state index contributed by atoms with van der Waals surface area (Å²) < 4.78 is 5.47. The second-order valence-electron chi connectivity index (χ2n) is 6.67. The zero-order chi connectivity index (χ0) is 18.7. The van der Waals surface area contributed by atoms with Crippen LogP contribution >= 0.6 is 0 Å². The maximum absolute atomic E-state index is 12.9. The topological polar surface area (TPSA) is 70.1 Å². The summed E-state index contributed by atoms with van der Waals surface area (Å²) in [7, 11) is 0. The van der Waals surface area contributed by atoms with Crippen molar-refractivity contribution in [2.45, 2.75) is 26.7 Å². The molecule has 1 N–H and O–H groups in total. The highest BCUT2D eigenvalue weighted by atomic mass is 16.5. The van der Waals surface area contributed by atoms with Gasteiger partial charge in [-0.3, -0.25) is 14.5 Å². The van der Waals surface area contributed by atoms with E-state index in [1.807, 2.05) is 36.1 Å². The van der Waals surface area contributed by atoms with Gasteiger partial charge in [0, 0.05) is 26.2 Å². The smallest absolute Gasteiger partial charge is 0.277 e. The first kappa shape index (κ1) is 18.5. The molecule has 0 saturated carbocycles. The molecule has 2 aliphatic heterocycles. The van der Waals surface area contributed by atoms with Gasteiger partial charge >= 0.3 is 0 Å². The molecule has 1 atom stereocenters. The molecule has 26 heavy (non-hydrogen) atoms. The SMILES string of the molecule is CCOc1ccc(C2=C(N3CCCC(CO)C3)C(=O)N(CC)C2=O)cc1. The van der Waals surface area contributed by atoms with Gasteiger partial charge in [-0.1, -0.05) is 12.1 Å². The van der Waals surface area contributed by atoms with E-state index < -0.39 is 0 Å². The number of ether oxygens (including phenoxy) is 1. The van der Waals surface area contributed by atoms with Gasteiger partial charge in [-0.25, -0.2) is 0 Å². The second kappa shape index (κ2) is 7.91. The minimum atomic E-state index is -0.247. The van der Waals surface area contributed by atoms with E-state index in [0.29, 0.717) is 31.0 Å². The minimum absolute atomic E-state index is 0.0990. The first-order chi connectivity index (χ1) is 12.6. The standard InChI is InChI=1S/C20H26N2O4/c1-3-22-19(24)17(15-7-9-16(10-8-15)26-4-2)18(20(22)25)21-11-5-6-14(12-21)13-23/h7-10,14,23H,3-6,11-13H2,1-2H3. The summed E-state index contributed by atoms with van der Waals surface area (Å²) in [5, 5.41) is 9.51. The van der Waals surface area contributed by atoms with Crippen LogP contribution in [0.3, 0.4) is 0 Å². The van der Waals surface area contributed by atoms with Gasteiger partial charge in [0.1, 0.15) is 11.4 Å². The van der Waals surface area contributed by atoms with E-state index in [2.05, 4.69) is 0 Å². The van der Waals surface area contributed by atoms with Crippen LogP contribution in [0.15, 0.2) is 30.0 Å². The van der Waals surface area contributed by atoms with Crippen LogP contribution in [0, 0.1) is 5.92 Å². The number of piperidine rings is 1. The van der Waals surface area contributed by atoms with E-state index in [4.69, 9.17) is 4.74 Å². The molecule has 3 rings (SSSR count). The molecular formula is C20H26N2O4. The molecule has 2 amide bonds. The Balaban J connectivity index is 2.01. The Kier molecular flexibility index (Phi) is 5.61. The van der Waals surface area contributed by atoms with Gasteiger partial charge < -0.3 is 14.7 Å². The maximum atomic E-state index is 12.9. The van der Waals surface area contributed by atoms with Gasteiger partial charge in [0.25, 0.3) is 11.8 Å². The molecule has 1 aromatic carbocycles. The van der Waals surface area contributed by atoms with Crippen molar-refractivity contribution in [1.82, 2.24) is 9.80 Å². The highest BCUT2D eigenvalue weighted by Gasteiger charge is 2.41. The lowest BCUT2D eigenvalue weighted by atomic mass is 9.97. The van der Waals surface area contributed by atoms with Gasteiger partial charge in [0.05, 0.1) is 12.2 Å². The molecule has 2 heterocycles. The van der Waals surface area contributed by atoms with Gasteiger partial charge in [0.15, 0.2) is 0 Å². The number of amides is 2. The van der Waals surface area contributed by atoms with E-state index in [0.717, 1.165) is 30.7 Å². The molecule has 0 aliphatic carbocycles. The molecule has 6 heteroatoms. The Labute approximate surface area is 154 Å². The van der Waals surface area contributed by atoms with Crippen LogP contribution in [-0.4, -0.2) is 59.6 Å². The average Bonchev–Trinajstić information content (AvgIpc) is 2.92. The second-order valence-corrected chi connectivity index (χ2v) is 6.67. The molecule has 6 nitrogen and oxygen atoms in total. The van der Waals surface area contributed by atoms with Crippen molar-refractivity contribution in [1.29, 1.82) is 0 Å². The van der Waals surface area contributed by atoms with Crippen molar-refractivity contribution in [3.05, 3.63) is 35.5 Å². The lowest BCUT2D eigenvalue weighted by molar-refractivity contribution is -0.137. The number of aliphatic hydroxyl groups is 1. The van der Waals surface area contributed by atoms with Crippen LogP contribution in [0.4, 0.5) is 0 Å². The van der Waals surface area contributed by atoms with Gasteiger partial charge in [-0.2, -0.15) is 0 Å². The molecule has 0 radical (unpaired) electrons. The normalized spacial score (nSPS) is 21.0. The fourth-order valence-electron chi connectivity index (χ4n) is 3.71. The molecule has 1 unspecified atom stereocenters. The van der Waals surface area contributed by atoms with Crippen LogP contribution in [0.5, 0.6) is 5.75 Å². The predicted molar refractivity (Wildman–Crippen MR) is 98.3 cm³/mol. The fourth-order valence-corrected chi connectivity index (χ4v) is 3.71. The highest BCUT2D eigenvalue weighted by molar-refractivity contribution is 6.35. The third-order valence-electron chi connectivity index (χ3n) is 5.01. The van der Waals surface area contributed by atoms with Crippen LogP contribution in [-0.2, 0) is 9.59 Å². The van der Waals surface area contributed by atoms with E-state index in [9.17, 15) is 14.7 Å². The third kappa shape index (κ3) is 3.33. The number of aliphatic hydroxyl groups excluding tert-OH is 1. The Hall–Kier alpha value is -2.34. The van der Waals surface area contributed by atoms with Crippen LogP contribution in [0.1, 0.15) is 32.3 Å². The van der Waals surface area contributed by atoms with Crippen molar-refractivity contribution in [3.8, 4) is 5.75 Å². The number of carbonyl (C=O) groups is 2. The minimum Gasteiger partial charge on any atom is -0.494 e. The number of rotatable bonds is 6. The predicted octanol–water partition coefficient (Wildman–Crippen LogP) is 1.89. The number of benzene rings is 1. The van der Waals surface area contributed by atoms with Gasteiger partial charge in [-0.15, -0.1) is 0 Å². The highest BCUT2D eigenvalue weighted by Crippen LogP contribution is 2.34. The van der Waals surface area contributed by atoms with Crippen LogP contribution < -0.4 is 4.74 Å². The van der Waals surface area contributed by atoms with Crippen molar-refractivity contribution in [2.24, 2.45) is 5.92 Å². The van der Waals surface area contributed by atoms with Crippen molar-refractivity contribution in [3.63, 3.8) is 0 Å².